The van der Waals surface area contributed by atoms with Crippen LogP contribution >= 0.6 is 0 Å². The Labute approximate surface area is 194 Å². The fourth-order valence-corrected chi connectivity index (χ4v) is 3.08. The number of carbonyl (C=O) groups excluding carboxylic acids is 2. The molecule has 0 aliphatic heterocycles. The lowest BCUT2D eigenvalue weighted by Crippen LogP contribution is -2.33. The number of nitrogens with one attached hydrogen (secondary N) is 2. The second kappa shape index (κ2) is 11.3. The Bertz CT molecular complexity index is 1120. The van der Waals surface area contributed by atoms with Crippen molar-refractivity contribution in [1.82, 2.24) is 25.6 Å². The van der Waals surface area contributed by atoms with Crippen LogP contribution in [-0.2, 0) is 6.42 Å². The Morgan fingerprint density at radius 1 is 1.06 bits per heavy atom. The minimum absolute atomic E-state index is 0.283. The van der Waals surface area contributed by atoms with E-state index in [9.17, 15) is 22.8 Å². The topological polar surface area (TPSA) is 98.1 Å². The number of aryl methyl sites for hydroxylation is 1. The first-order chi connectivity index (χ1) is 16.3. The lowest BCUT2D eigenvalue weighted by atomic mass is 10.1. The van der Waals surface area contributed by atoms with Crippen LogP contribution in [0.2, 0.25) is 0 Å². The van der Waals surface area contributed by atoms with Crippen LogP contribution in [-0.4, -0.2) is 52.7 Å². The van der Waals surface area contributed by atoms with E-state index in [2.05, 4.69) is 15.6 Å². The van der Waals surface area contributed by atoms with Crippen LogP contribution < -0.4 is 15.4 Å². The first-order valence-corrected chi connectivity index (χ1v) is 10.6. The molecule has 1 aromatic heterocycles. The van der Waals surface area contributed by atoms with Gasteiger partial charge in [-0.05, 0) is 43.5 Å². The third-order valence-corrected chi connectivity index (χ3v) is 4.69. The summed E-state index contributed by atoms with van der Waals surface area (Å²) in [4.78, 5) is 24.2. The lowest BCUT2D eigenvalue weighted by Gasteiger charge is -2.13. The molecule has 2 aromatic carbocycles. The van der Waals surface area contributed by atoms with Crippen LogP contribution in [0.15, 0.2) is 54.7 Å². The van der Waals surface area contributed by atoms with E-state index in [1.807, 2.05) is 30.3 Å². The monoisotopic (exact) mass is 475 g/mol. The van der Waals surface area contributed by atoms with Crippen molar-refractivity contribution in [3.63, 3.8) is 0 Å². The summed E-state index contributed by atoms with van der Waals surface area (Å²) < 4.78 is 44.2. The molecule has 0 spiro atoms. The number of aromatic nitrogens is 3. The normalized spacial score (nSPS) is 11.2. The highest BCUT2D eigenvalue weighted by Gasteiger charge is 2.28. The Hall–Kier alpha value is -3.89. The van der Waals surface area contributed by atoms with Crippen molar-refractivity contribution in [1.29, 1.82) is 0 Å². The van der Waals surface area contributed by atoms with Gasteiger partial charge in [-0.3, -0.25) is 9.59 Å². The van der Waals surface area contributed by atoms with Crippen molar-refractivity contribution >= 4 is 11.8 Å². The Morgan fingerprint density at radius 3 is 2.53 bits per heavy atom. The molecule has 8 nitrogen and oxygen atoms in total. The summed E-state index contributed by atoms with van der Waals surface area (Å²) in [7, 11) is 0. The average molecular weight is 475 g/mol. The number of carbonyl (C=O) groups is 2. The number of rotatable bonds is 10. The smallest absolute Gasteiger partial charge is 0.405 e. The number of amides is 2. The maximum atomic E-state index is 12.4. The predicted molar refractivity (Wildman–Crippen MR) is 118 cm³/mol. The lowest BCUT2D eigenvalue weighted by molar-refractivity contribution is -0.123. The summed E-state index contributed by atoms with van der Waals surface area (Å²) in [5.74, 6) is -0.967. The van der Waals surface area contributed by atoms with Crippen molar-refractivity contribution in [3.8, 4) is 11.4 Å². The van der Waals surface area contributed by atoms with E-state index in [0.29, 0.717) is 36.6 Å². The number of nitrogens with zero attached hydrogens (tertiary/aromatic N) is 3. The quantitative estimate of drug-likeness (QED) is 0.439. The van der Waals surface area contributed by atoms with Crippen molar-refractivity contribution in [2.75, 3.05) is 19.7 Å². The molecule has 2 N–H and O–H groups in total. The predicted octanol–water partition coefficient (Wildman–Crippen LogP) is 3.32. The largest absolute Gasteiger partial charge is 0.491 e. The molecule has 34 heavy (non-hydrogen) atoms. The van der Waals surface area contributed by atoms with Gasteiger partial charge in [-0.15, -0.1) is 5.10 Å². The van der Waals surface area contributed by atoms with E-state index in [4.69, 9.17) is 4.74 Å². The standard InChI is InChI=1S/C23H24F3N5O3/c1-2-27-21(32)17-10-11-19(20(13-17)34-12-6-9-16-7-4-3-5-8-16)31-14-18(29-30-31)22(33)28-15-23(24,25)26/h3-5,7-8,10-11,13-14H,2,6,9,12,15H2,1H3,(H,27,32)(H,28,33). The molecule has 11 heteroatoms. The zero-order valence-electron chi connectivity index (χ0n) is 18.4. The molecule has 2 amide bonds. The van der Waals surface area contributed by atoms with Crippen LogP contribution in [0, 0.1) is 0 Å². The highest BCUT2D eigenvalue weighted by atomic mass is 19.4. The van der Waals surface area contributed by atoms with Gasteiger partial charge in [-0.1, -0.05) is 35.5 Å². The molecule has 0 aliphatic rings. The van der Waals surface area contributed by atoms with Gasteiger partial charge in [-0.25, -0.2) is 4.68 Å². The third-order valence-electron chi connectivity index (χ3n) is 4.69. The third kappa shape index (κ3) is 7.06. The van der Waals surface area contributed by atoms with Crippen LogP contribution in [0.4, 0.5) is 13.2 Å². The molecule has 0 fully saturated rings. The minimum atomic E-state index is -4.54. The van der Waals surface area contributed by atoms with E-state index < -0.39 is 18.6 Å². The van der Waals surface area contributed by atoms with Crippen molar-refractivity contribution in [2.45, 2.75) is 25.9 Å². The number of benzene rings is 2. The molecule has 1 heterocycles. The van der Waals surface area contributed by atoms with Gasteiger partial charge >= 0.3 is 6.18 Å². The molecule has 0 radical (unpaired) electrons. The summed E-state index contributed by atoms with van der Waals surface area (Å²) in [5, 5.41) is 12.0. The van der Waals surface area contributed by atoms with Gasteiger partial charge < -0.3 is 15.4 Å². The fourth-order valence-electron chi connectivity index (χ4n) is 3.08. The summed E-state index contributed by atoms with van der Waals surface area (Å²) in [6.45, 7) is 1.12. The molecule has 0 unspecified atom stereocenters. The highest BCUT2D eigenvalue weighted by molar-refractivity contribution is 5.95. The Morgan fingerprint density at radius 2 is 1.82 bits per heavy atom. The zero-order valence-corrected chi connectivity index (χ0v) is 18.4. The van der Waals surface area contributed by atoms with E-state index in [1.165, 1.54) is 10.9 Å². The molecule has 0 atom stereocenters. The van der Waals surface area contributed by atoms with Crippen LogP contribution in [0.5, 0.6) is 5.75 Å². The van der Waals surface area contributed by atoms with E-state index in [-0.39, 0.29) is 11.6 Å². The van der Waals surface area contributed by atoms with Gasteiger partial charge in [0, 0.05) is 12.1 Å². The molecule has 3 rings (SSSR count). The summed E-state index contributed by atoms with van der Waals surface area (Å²) in [5.41, 5.74) is 1.63. The molecule has 0 saturated carbocycles. The van der Waals surface area contributed by atoms with Crippen LogP contribution in [0.3, 0.4) is 0 Å². The number of ether oxygens (including phenoxy) is 1. The van der Waals surface area contributed by atoms with Gasteiger partial charge in [0.15, 0.2) is 5.69 Å². The first kappa shape index (κ1) is 24.7. The molecule has 0 bridgehead atoms. The molecule has 0 saturated heterocycles. The minimum Gasteiger partial charge on any atom is -0.491 e. The molecule has 180 valence electrons. The SMILES string of the molecule is CCNC(=O)c1ccc(-n2cc(C(=O)NCC(F)(F)F)nn2)c(OCCCc2ccccc2)c1. The van der Waals surface area contributed by atoms with E-state index >= 15 is 0 Å². The van der Waals surface area contributed by atoms with Gasteiger partial charge in [0.05, 0.1) is 12.8 Å². The Kier molecular flexibility index (Phi) is 8.23. The molecule has 3 aromatic rings. The van der Waals surface area contributed by atoms with Crippen molar-refractivity contribution in [3.05, 3.63) is 71.5 Å². The average Bonchev–Trinajstić information content (AvgIpc) is 3.31. The number of alkyl halides is 3. The summed E-state index contributed by atoms with van der Waals surface area (Å²) >= 11 is 0. The highest BCUT2D eigenvalue weighted by Crippen LogP contribution is 2.25. The van der Waals surface area contributed by atoms with E-state index in [0.717, 1.165) is 12.0 Å². The maximum Gasteiger partial charge on any atom is 0.405 e. The van der Waals surface area contributed by atoms with Gasteiger partial charge in [0.1, 0.15) is 18.0 Å². The van der Waals surface area contributed by atoms with Gasteiger partial charge in [0.2, 0.25) is 0 Å². The zero-order chi connectivity index (χ0) is 24.6. The molecular weight excluding hydrogens is 451 g/mol. The Balaban J connectivity index is 1.76. The fraction of sp³-hybridized carbons (Fsp3) is 0.304. The van der Waals surface area contributed by atoms with Gasteiger partial charge in [0.25, 0.3) is 11.8 Å². The number of hydrogen-bond acceptors (Lipinski definition) is 5. The number of halogens is 3. The van der Waals surface area contributed by atoms with E-state index in [1.54, 1.807) is 30.4 Å². The molecular formula is C23H24F3N5O3. The molecule has 0 aliphatic carbocycles. The first-order valence-electron chi connectivity index (χ1n) is 10.6. The van der Waals surface area contributed by atoms with Crippen LogP contribution in [0.1, 0.15) is 39.8 Å². The second-order valence-electron chi connectivity index (χ2n) is 7.33. The van der Waals surface area contributed by atoms with Crippen molar-refractivity contribution in [2.24, 2.45) is 0 Å². The van der Waals surface area contributed by atoms with Crippen LogP contribution in [0.25, 0.3) is 5.69 Å². The maximum absolute atomic E-state index is 12.4. The van der Waals surface area contributed by atoms with Crippen molar-refractivity contribution < 1.29 is 27.5 Å². The summed E-state index contributed by atoms with van der Waals surface area (Å²) in [6, 6.07) is 14.6. The number of hydrogen-bond donors (Lipinski definition) is 2. The summed E-state index contributed by atoms with van der Waals surface area (Å²) in [6.07, 6.45) is -1.85. The second-order valence-corrected chi connectivity index (χ2v) is 7.33. The van der Waals surface area contributed by atoms with Gasteiger partial charge in [-0.2, -0.15) is 13.2 Å².